The Bertz CT molecular complexity index is 918. The molecule has 8 nitrogen and oxygen atoms in total. The normalized spacial score (nSPS) is 14.2. The summed E-state index contributed by atoms with van der Waals surface area (Å²) in [4.78, 5) is 19.8. The first-order valence-electron chi connectivity index (χ1n) is 9.50. The van der Waals surface area contributed by atoms with Gasteiger partial charge in [0.25, 0.3) is 11.1 Å². The summed E-state index contributed by atoms with van der Waals surface area (Å²) in [5.41, 5.74) is 1.94. The molecule has 0 saturated carbocycles. The molecule has 1 aliphatic heterocycles. The predicted molar refractivity (Wildman–Crippen MR) is 111 cm³/mol. The van der Waals surface area contributed by atoms with Crippen molar-refractivity contribution in [2.75, 3.05) is 43.9 Å². The number of hydrogen-bond donors (Lipinski definition) is 1. The molecule has 29 heavy (non-hydrogen) atoms. The number of aromatic amines is 1. The van der Waals surface area contributed by atoms with Gasteiger partial charge in [0, 0.05) is 50.2 Å². The summed E-state index contributed by atoms with van der Waals surface area (Å²) in [5, 5.41) is 8.52. The van der Waals surface area contributed by atoms with Crippen LogP contribution in [0.4, 0.5) is 5.69 Å². The maximum Gasteiger partial charge on any atom is 0.276 e. The Labute approximate surface area is 173 Å². The average Bonchev–Trinajstić information content (AvgIpc) is 3.46. The van der Waals surface area contributed by atoms with E-state index in [0.717, 1.165) is 43.3 Å². The number of carbonyl (C=O) groups is 1. The summed E-state index contributed by atoms with van der Waals surface area (Å²) in [6.45, 7) is 3.11. The summed E-state index contributed by atoms with van der Waals surface area (Å²) >= 11 is 1.41. The number of thioether (sulfide) groups is 1. The molecule has 0 aliphatic carbocycles. The van der Waals surface area contributed by atoms with Crippen LogP contribution in [0.5, 0.6) is 5.75 Å². The van der Waals surface area contributed by atoms with E-state index in [-0.39, 0.29) is 5.91 Å². The van der Waals surface area contributed by atoms with Crippen molar-refractivity contribution in [2.24, 2.45) is 0 Å². The Morgan fingerprint density at radius 1 is 1.17 bits per heavy atom. The molecule has 1 aliphatic rings. The first-order chi connectivity index (χ1) is 14.2. The maximum absolute atomic E-state index is 12.5. The van der Waals surface area contributed by atoms with Gasteiger partial charge in [0.1, 0.15) is 11.4 Å². The third-order valence-corrected chi connectivity index (χ3v) is 5.67. The number of nitrogens with one attached hydrogen (secondary N) is 1. The molecular formula is C20H23N5O3S. The summed E-state index contributed by atoms with van der Waals surface area (Å²) in [7, 11) is 1.66. The molecular weight excluding hydrogens is 390 g/mol. The van der Waals surface area contributed by atoms with Crippen LogP contribution >= 0.6 is 11.8 Å². The molecule has 4 rings (SSSR count). The molecule has 0 unspecified atom stereocenters. The van der Waals surface area contributed by atoms with Crippen LogP contribution in [0.2, 0.25) is 0 Å². The number of aromatic nitrogens is 3. The van der Waals surface area contributed by atoms with E-state index in [1.807, 2.05) is 29.2 Å². The summed E-state index contributed by atoms with van der Waals surface area (Å²) in [6, 6.07) is 11.8. The van der Waals surface area contributed by atoms with Gasteiger partial charge in [-0.3, -0.25) is 4.79 Å². The van der Waals surface area contributed by atoms with Gasteiger partial charge in [0.15, 0.2) is 0 Å². The zero-order valence-electron chi connectivity index (χ0n) is 16.2. The molecule has 152 valence electrons. The monoisotopic (exact) mass is 413 g/mol. The Morgan fingerprint density at radius 2 is 1.97 bits per heavy atom. The highest BCUT2D eigenvalue weighted by molar-refractivity contribution is 7.99. The quantitative estimate of drug-likeness (QED) is 0.596. The van der Waals surface area contributed by atoms with Crippen LogP contribution in [0.15, 0.2) is 52.2 Å². The summed E-state index contributed by atoms with van der Waals surface area (Å²) in [5.74, 6) is 2.08. The number of ether oxygens (including phenoxy) is 1. The second-order valence-corrected chi connectivity index (χ2v) is 7.67. The highest BCUT2D eigenvalue weighted by atomic mass is 32.2. The molecule has 0 spiro atoms. The molecule has 0 bridgehead atoms. The molecule has 2 aromatic heterocycles. The zero-order valence-corrected chi connectivity index (χ0v) is 17.0. The van der Waals surface area contributed by atoms with E-state index in [2.05, 4.69) is 32.2 Å². The Morgan fingerprint density at radius 3 is 2.66 bits per heavy atom. The number of nitrogens with zero attached hydrogens (tertiary/aromatic N) is 4. The topological polar surface area (TPSA) is 87.5 Å². The van der Waals surface area contributed by atoms with Crippen molar-refractivity contribution in [1.82, 2.24) is 20.1 Å². The Hall–Kier alpha value is -2.94. The number of rotatable bonds is 7. The van der Waals surface area contributed by atoms with Gasteiger partial charge in [0.2, 0.25) is 5.91 Å². The van der Waals surface area contributed by atoms with Crippen molar-refractivity contribution >= 4 is 23.4 Å². The molecule has 1 amide bonds. The molecule has 0 atom stereocenters. The van der Waals surface area contributed by atoms with Crippen LogP contribution in [0.25, 0.3) is 11.6 Å². The second kappa shape index (κ2) is 9.04. The number of anilines is 1. The van der Waals surface area contributed by atoms with E-state index >= 15 is 0 Å². The van der Waals surface area contributed by atoms with E-state index in [4.69, 9.17) is 9.15 Å². The molecule has 3 aromatic rings. The third-order valence-electron chi connectivity index (χ3n) is 4.85. The van der Waals surface area contributed by atoms with Crippen LogP contribution in [0.3, 0.4) is 0 Å². The third kappa shape index (κ3) is 4.73. The van der Waals surface area contributed by atoms with E-state index in [0.29, 0.717) is 23.3 Å². The highest BCUT2D eigenvalue weighted by Crippen LogP contribution is 2.23. The van der Waals surface area contributed by atoms with Gasteiger partial charge in [-0.25, -0.2) is 0 Å². The van der Waals surface area contributed by atoms with Crippen LogP contribution in [0, 0.1) is 0 Å². The van der Waals surface area contributed by atoms with Crippen molar-refractivity contribution in [1.29, 1.82) is 0 Å². The van der Waals surface area contributed by atoms with Gasteiger partial charge in [-0.1, -0.05) is 11.8 Å². The summed E-state index contributed by atoms with van der Waals surface area (Å²) < 4.78 is 10.8. The van der Waals surface area contributed by atoms with Crippen molar-refractivity contribution in [3.8, 4) is 17.3 Å². The number of H-pyrrole nitrogens is 1. The average molecular weight is 414 g/mol. The second-order valence-electron chi connectivity index (χ2n) is 6.62. The van der Waals surface area contributed by atoms with Gasteiger partial charge in [-0.15, -0.1) is 10.2 Å². The van der Waals surface area contributed by atoms with Gasteiger partial charge < -0.3 is 23.9 Å². The number of hydrogen-bond acceptors (Lipinski definition) is 7. The van der Waals surface area contributed by atoms with Crippen molar-refractivity contribution in [3.63, 3.8) is 0 Å². The summed E-state index contributed by atoms with van der Waals surface area (Å²) in [6.07, 6.45) is 2.26. The van der Waals surface area contributed by atoms with E-state index in [1.54, 1.807) is 13.3 Å². The standard InChI is InChI=1S/C20H23N5O3S/c1-27-16-6-4-15(5-7-16)24-10-12-25(13-11-24)18(26)8-14-29-20-23-22-19(28-20)17-3-2-9-21-17/h2-7,9,21H,8,10-14H2,1H3. The van der Waals surface area contributed by atoms with E-state index in [1.165, 1.54) is 11.8 Å². The fourth-order valence-corrected chi connectivity index (χ4v) is 3.92. The van der Waals surface area contributed by atoms with Gasteiger partial charge in [-0.05, 0) is 36.4 Å². The molecule has 1 fully saturated rings. The van der Waals surface area contributed by atoms with Crippen molar-refractivity contribution in [3.05, 3.63) is 42.6 Å². The van der Waals surface area contributed by atoms with Crippen LogP contribution in [0.1, 0.15) is 6.42 Å². The number of carbonyl (C=O) groups excluding carboxylic acids is 1. The maximum atomic E-state index is 12.5. The minimum absolute atomic E-state index is 0.163. The van der Waals surface area contributed by atoms with Crippen LogP contribution < -0.4 is 9.64 Å². The first-order valence-corrected chi connectivity index (χ1v) is 10.5. The Balaban J connectivity index is 1.21. The number of piperazine rings is 1. The van der Waals surface area contributed by atoms with E-state index in [9.17, 15) is 4.79 Å². The predicted octanol–water partition coefficient (Wildman–Crippen LogP) is 2.90. The lowest BCUT2D eigenvalue weighted by molar-refractivity contribution is -0.131. The molecule has 1 N–H and O–H groups in total. The van der Waals surface area contributed by atoms with Gasteiger partial charge in [-0.2, -0.15) is 0 Å². The van der Waals surface area contributed by atoms with Gasteiger partial charge >= 0.3 is 0 Å². The zero-order chi connectivity index (χ0) is 20.1. The SMILES string of the molecule is COc1ccc(N2CCN(C(=O)CCSc3nnc(-c4ccc[nH]4)o3)CC2)cc1. The molecule has 1 saturated heterocycles. The smallest absolute Gasteiger partial charge is 0.276 e. The van der Waals surface area contributed by atoms with Crippen LogP contribution in [-0.2, 0) is 4.79 Å². The first kappa shape index (κ1) is 19.4. The van der Waals surface area contributed by atoms with Crippen LogP contribution in [-0.4, -0.2) is 65.0 Å². The molecule has 1 aromatic carbocycles. The minimum atomic E-state index is 0.163. The van der Waals surface area contributed by atoms with Gasteiger partial charge in [0.05, 0.1) is 7.11 Å². The number of benzene rings is 1. The Kier molecular flexibility index (Phi) is 6.04. The fourth-order valence-electron chi connectivity index (χ4n) is 3.23. The minimum Gasteiger partial charge on any atom is -0.497 e. The molecule has 3 heterocycles. The lowest BCUT2D eigenvalue weighted by Gasteiger charge is -2.36. The number of amides is 1. The lowest BCUT2D eigenvalue weighted by Crippen LogP contribution is -2.48. The molecule has 0 radical (unpaired) electrons. The molecule has 9 heteroatoms. The number of methoxy groups -OCH3 is 1. The highest BCUT2D eigenvalue weighted by Gasteiger charge is 2.21. The van der Waals surface area contributed by atoms with Crippen molar-refractivity contribution in [2.45, 2.75) is 11.6 Å². The largest absolute Gasteiger partial charge is 0.497 e. The fraction of sp³-hybridized carbons (Fsp3) is 0.350. The lowest BCUT2D eigenvalue weighted by atomic mass is 10.2. The van der Waals surface area contributed by atoms with Crippen molar-refractivity contribution < 1.29 is 13.9 Å². The van der Waals surface area contributed by atoms with E-state index < -0.39 is 0 Å².